The van der Waals surface area contributed by atoms with Crippen LogP contribution in [0.4, 0.5) is 4.39 Å². The topological polar surface area (TPSA) is 67.4 Å². The van der Waals surface area contributed by atoms with Crippen molar-refractivity contribution in [3.8, 4) is 5.75 Å². The first-order valence-corrected chi connectivity index (χ1v) is 7.47. The van der Waals surface area contributed by atoms with Crippen molar-refractivity contribution in [3.63, 3.8) is 0 Å². The van der Waals surface area contributed by atoms with Gasteiger partial charge in [-0.2, -0.15) is 0 Å². The molecule has 2 aromatic rings. The SMILES string of the molecule is Cc1cccc(OC(C)C(=O)NNC(=O)c2ccccc2F)c1C. The van der Waals surface area contributed by atoms with Gasteiger partial charge in [-0.3, -0.25) is 20.4 Å². The molecule has 0 aromatic heterocycles. The molecule has 6 heteroatoms. The van der Waals surface area contributed by atoms with Crippen molar-refractivity contribution in [1.29, 1.82) is 0 Å². The molecular weight excluding hydrogens is 311 g/mol. The molecule has 5 nitrogen and oxygen atoms in total. The van der Waals surface area contributed by atoms with Gasteiger partial charge >= 0.3 is 0 Å². The lowest BCUT2D eigenvalue weighted by Gasteiger charge is -2.17. The van der Waals surface area contributed by atoms with Gasteiger partial charge in [0.2, 0.25) is 0 Å². The Kier molecular flexibility index (Phi) is 5.52. The number of amides is 2. The summed E-state index contributed by atoms with van der Waals surface area (Å²) in [5.41, 5.74) is 6.24. The average molecular weight is 330 g/mol. The summed E-state index contributed by atoms with van der Waals surface area (Å²) in [6.07, 6.45) is -0.827. The maximum atomic E-state index is 13.5. The predicted molar refractivity (Wildman–Crippen MR) is 88.0 cm³/mol. The van der Waals surface area contributed by atoms with Crippen LogP contribution in [-0.2, 0) is 4.79 Å². The van der Waals surface area contributed by atoms with Crippen molar-refractivity contribution in [2.75, 3.05) is 0 Å². The Morgan fingerprint density at radius 2 is 1.75 bits per heavy atom. The molecule has 0 saturated carbocycles. The van der Waals surface area contributed by atoms with Crippen molar-refractivity contribution in [2.24, 2.45) is 0 Å². The first-order valence-electron chi connectivity index (χ1n) is 7.47. The number of nitrogens with one attached hydrogen (secondary N) is 2. The summed E-state index contributed by atoms with van der Waals surface area (Å²) in [5, 5.41) is 0. The molecular formula is C18H19FN2O3. The number of carbonyl (C=O) groups is 2. The van der Waals surface area contributed by atoms with E-state index in [0.717, 1.165) is 11.1 Å². The normalized spacial score (nSPS) is 11.5. The van der Waals surface area contributed by atoms with Crippen LogP contribution < -0.4 is 15.6 Å². The number of aryl methyl sites for hydroxylation is 1. The predicted octanol–water partition coefficient (Wildman–Crippen LogP) is 2.67. The first-order chi connectivity index (χ1) is 11.4. The van der Waals surface area contributed by atoms with Crippen LogP contribution in [0.5, 0.6) is 5.75 Å². The van der Waals surface area contributed by atoms with Gasteiger partial charge in [-0.15, -0.1) is 0 Å². The summed E-state index contributed by atoms with van der Waals surface area (Å²) in [5.74, 6) is -1.34. The van der Waals surface area contributed by atoms with Gasteiger partial charge in [-0.25, -0.2) is 4.39 Å². The minimum absolute atomic E-state index is 0.152. The fraction of sp³-hybridized carbons (Fsp3) is 0.222. The third-order valence-corrected chi connectivity index (χ3v) is 3.65. The molecule has 0 radical (unpaired) electrons. The zero-order chi connectivity index (χ0) is 17.7. The van der Waals surface area contributed by atoms with Crippen molar-refractivity contribution in [3.05, 3.63) is 65.0 Å². The van der Waals surface area contributed by atoms with E-state index >= 15 is 0 Å². The van der Waals surface area contributed by atoms with Crippen LogP contribution in [-0.4, -0.2) is 17.9 Å². The molecule has 2 amide bonds. The highest BCUT2D eigenvalue weighted by molar-refractivity contribution is 5.95. The highest BCUT2D eigenvalue weighted by Crippen LogP contribution is 2.21. The summed E-state index contributed by atoms with van der Waals surface area (Å²) in [6, 6.07) is 11.1. The first kappa shape index (κ1) is 17.5. The summed E-state index contributed by atoms with van der Waals surface area (Å²) in [7, 11) is 0. The lowest BCUT2D eigenvalue weighted by atomic mass is 10.1. The van der Waals surface area contributed by atoms with Gasteiger partial charge in [0.15, 0.2) is 6.10 Å². The van der Waals surface area contributed by atoms with Gasteiger partial charge in [0.1, 0.15) is 11.6 Å². The maximum Gasteiger partial charge on any atom is 0.279 e. The second kappa shape index (κ2) is 7.59. The average Bonchev–Trinajstić information content (AvgIpc) is 2.56. The molecule has 0 aliphatic rings. The van der Waals surface area contributed by atoms with Crippen LogP contribution in [0.3, 0.4) is 0 Å². The van der Waals surface area contributed by atoms with Crippen LogP contribution in [0, 0.1) is 19.7 Å². The fourth-order valence-electron chi connectivity index (χ4n) is 2.03. The fourth-order valence-corrected chi connectivity index (χ4v) is 2.03. The maximum absolute atomic E-state index is 13.5. The molecule has 0 bridgehead atoms. The Morgan fingerprint density at radius 1 is 1.04 bits per heavy atom. The minimum atomic E-state index is -0.827. The van der Waals surface area contributed by atoms with Gasteiger partial charge in [0.25, 0.3) is 11.8 Å². The highest BCUT2D eigenvalue weighted by Gasteiger charge is 2.18. The largest absolute Gasteiger partial charge is 0.481 e. The van der Waals surface area contributed by atoms with Crippen LogP contribution in [0.1, 0.15) is 28.4 Å². The zero-order valence-corrected chi connectivity index (χ0v) is 13.7. The molecule has 0 saturated heterocycles. The molecule has 126 valence electrons. The van der Waals surface area contributed by atoms with Crippen molar-refractivity contribution >= 4 is 11.8 Å². The molecule has 0 heterocycles. The minimum Gasteiger partial charge on any atom is -0.481 e. The van der Waals surface area contributed by atoms with Gasteiger partial charge in [-0.1, -0.05) is 24.3 Å². The molecule has 1 unspecified atom stereocenters. The van der Waals surface area contributed by atoms with E-state index in [-0.39, 0.29) is 5.56 Å². The van der Waals surface area contributed by atoms with Gasteiger partial charge < -0.3 is 4.74 Å². The quantitative estimate of drug-likeness (QED) is 0.847. The number of hydrogen-bond donors (Lipinski definition) is 2. The van der Waals surface area contributed by atoms with Gasteiger partial charge in [0, 0.05) is 0 Å². The highest BCUT2D eigenvalue weighted by atomic mass is 19.1. The Morgan fingerprint density at radius 3 is 2.46 bits per heavy atom. The van der Waals surface area contributed by atoms with E-state index in [1.54, 1.807) is 13.0 Å². The van der Waals surface area contributed by atoms with Gasteiger partial charge in [-0.05, 0) is 50.1 Å². The third kappa shape index (κ3) is 4.10. The molecule has 2 N–H and O–H groups in total. The van der Waals surface area contributed by atoms with Crippen molar-refractivity contribution < 1.29 is 18.7 Å². The molecule has 2 aromatic carbocycles. The summed E-state index contributed by atoms with van der Waals surface area (Å²) < 4.78 is 19.1. The zero-order valence-electron chi connectivity index (χ0n) is 13.7. The van der Waals surface area contributed by atoms with E-state index in [1.807, 2.05) is 26.0 Å². The summed E-state index contributed by atoms with van der Waals surface area (Å²) in [4.78, 5) is 23.9. The van der Waals surface area contributed by atoms with Crippen molar-refractivity contribution in [1.82, 2.24) is 10.9 Å². The molecule has 1 atom stereocenters. The van der Waals surface area contributed by atoms with E-state index in [1.165, 1.54) is 24.3 Å². The second-order valence-corrected chi connectivity index (χ2v) is 5.38. The molecule has 24 heavy (non-hydrogen) atoms. The molecule has 0 aliphatic carbocycles. The Hall–Kier alpha value is -2.89. The van der Waals surface area contributed by atoms with Crippen LogP contribution in [0.2, 0.25) is 0 Å². The van der Waals surface area contributed by atoms with E-state index in [2.05, 4.69) is 10.9 Å². The molecule has 2 rings (SSSR count). The number of rotatable bonds is 4. The summed E-state index contributed by atoms with van der Waals surface area (Å²) >= 11 is 0. The monoisotopic (exact) mass is 330 g/mol. The lowest BCUT2D eigenvalue weighted by Crippen LogP contribution is -2.47. The van der Waals surface area contributed by atoms with E-state index in [4.69, 9.17) is 4.74 Å². The number of benzene rings is 2. The number of hydrazine groups is 1. The Balaban J connectivity index is 1.93. The van der Waals surface area contributed by atoms with E-state index in [0.29, 0.717) is 5.75 Å². The smallest absolute Gasteiger partial charge is 0.279 e. The van der Waals surface area contributed by atoms with Crippen LogP contribution in [0.25, 0.3) is 0 Å². The Bertz CT molecular complexity index is 762. The molecule has 0 aliphatic heterocycles. The number of hydrogen-bond acceptors (Lipinski definition) is 3. The lowest BCUT2D eigenvalue weighted by molar-refractivity contribution is -0.128. The molecule has 0 spiro atoms. The number of halogens is 1. The second-order valence-electron chi connectivity index (χ2n) is 5.38. The van der Waals surface area contributed by atoms with E-state index < -0.39 is 23.7 Å². The number of ether oxygens (including phenoxy) is 1. The summed E-state index contributed by atoms with van der Waals surface area (Å²) in [6.45, 7) is 5.41. The van der Waals surface area contributed by atoms with Gasteiger partial charge in [0.05, 0.1) is 5.56 Å². The third-order valence-electron chi connectivity index (χ3n) is 3.65. The Labute approximate surface area is 139 Å². The van der Waals surface area contributed by atoms with Crippen LogP contribution in [0.15, 0.2) is 42.5 Å². The van der Waals surface area contributed by atoms with E-state index in [9.17, 15) is 14.0 Å². The number of carbonyl (C=O) groups excluding carboxylic acids is 2. The van der Waals surface area contributed by atoms with Crippen LogP contribution >= 0.6 is 0 Å². The standard InChI is InChI=1S/C18H19FN2O3/c1-11-7-6-10-16(12(11)2)24-13(3)17(22)20-21-18(23)14-8-4-5-9-15(14)19/h4-10,13H,1-3H3,(H,20,22)(H,21,23). The molecule has 0 fully saturated rings. The van der Waals surface area contributed by atoms with Crippen molar-refractivity contribution in [2.45, 2.75) is 26.9 Å².